The van der Waals surface area contributed by atoms with Crippen molar-refractivity contribution in [1.29, 1.82) is 0 Å². The van der Waals surface area contributed by atoms with Gasteiger partial charge in [0.15, 0.2) is 0 Å². The number of hydrogen-bond acceptors (Lipinski definition) is 5. The van der Waals surface area contributed by atoms with Crippen LogP contribution in [-0.2, 0) is 14.3 Å². The molecule has 4 rings (SSSR count). The Labute approximate surface area is 188 Å². The fourth-order valence-electron chi connectivity index (χ4n) is 4.68. The number of aliphatic hydroxyl groups is 1. The smallest absolute Gasteiger partial charge is 0.332 e. The van der Waals surface area contributed by atoms with Gasteiger partial charge in [-0.3, -0.25) is 9.69 Å². The molecule has 0 unspecified atom stereocenters. The van der Waals surface area contributed by atoms with Crippen LogP contribution < -0.4 is 10.2 Å². The molecule has 172 valence electrons. The number of nitrogens with one attached hydrogen (secondary N) is 1. The SMILES string of the molecule is CCOC(=O)[C@@]12C[C@H]1/C=C\CCCCN(c1ccccc1)C(=O)N1C[C@@H](O)C[C@H]1C(=O)N2. The molecule has 2 aliphatic heterocycles. The number of hydrogen-bond donors (Lipinski definition) is 2. The quantitative estimate of drug-likeness (QED) is 0.554. The zero-order chi connectivity index (χ0) is 22.7. The number of anilines is 1. The number of nitrogens with zero attached hydrogens (tertiary/aromatic N) is 2. The molecular formula is C24H31N3O5. The maximum Gasteiger partial charge on any atom is 0.332 e. The highest BCUT2D eigenvalue weighted by atomic mass is 16.5. The molecule has 2 heterocycles. The van der Waals surface area contributed by atoms with Crippen molar-refractivity contribution in [3.63, 3.8) is 0 Å². The van der Waals surface area contributed by atoms with Crippen molar-refractivity contribution in [2.45, 2.75) is 56.7 Å². The average molecular weight is 442 g/mol. The number of aliphatic hydroxyl groups excluding tert-OH is 1. The van der Waals surface area contributed by atoms with Crippen molar-refractivity contribution < 1.29 is 24.2 Å². The highest BCUT2D eigenvalue weighted by Crippen LogP contribution is 2.46. The normalized spacial score (nSPS) is 31.8. The number of amides is 3. The van der Waals surface area contributed by atoms with Crippen molar-refractivity contribution >= 4 is 23.6 Å². The highest BCUT2D eigenvalue weighted by Gasteiger charge is 2.62. The summed E-state index contributed by atoms with van der Waals surface area (Å²) in [4.78, 5) is 42.6. The number of para-hydroxylation sites is 1. The van der Waals surface area contributed by atoms with Crippen LogP contribution in [0, 0.1) is 5.92 Å². The van der Waals surface area contributed by atoms with E-state index in [1.807, 2.05) is 42.5 Å². The van der Waals surface area contributed by atoms with Gasteiger partial charge < -0.3 is 20.1 Å². The van der Waals surface area contributed by atoms with Gasteiger partial charge >= 0.3 is 12.0 Å². The molecule has 0 spiro atoms. The summed E-state index contributed by atoms with van der Waals surface area (Å²) >= 11 is 0. The molecule has 0 aromatic heterocycles. The lowest BCUT2D eigenvalue weighted by atomic mass is 10.1. The summed E-state index contributed by atoms with van der Waals surface area (Å²) in [7, 11) is 0. The molecule has 1 aliphatic carbocycles. The van der Waals surface area contributed by atoms with Gasteiger partial charge in [0.2, 0.25) is 5.91 Å². The number of ether oxygens (including phenoxy) is 1. The highest BCUT2D eigenvalue weighted by molar-refractivity contribution is 5.98. The van der Waals surface area contributed by atoms with Gasteiger partial charge in [-0.2, -0.15) is 0 Å². The molecule has 1 saturated carbocycles. The number of fused-ring (bicyclic) bond motifs is 2. The van der Waals surface area contributed by atoms with Gasteiger partial charge in [0, 0.05) is 31.1 Å². The van der Waals surface area contributed by atoms with Crippen molar-refractivity contribution in [3.8, 4) is 0 Å². The van der Waals surface area contributed by atoms with E-state index in [-0.39, 0.29) is 31.5 Å². The van der Waals surface area contributed by atoms with Gasteiger partial charge in [-0.05, 0) is 44.7 Å². The lowest BCUT2D eigenvalue weighted by molar-refractivity contribution is -0.149. The average Bonchev–Trinajstić information content (AvgIpc) is 3.33. The van der Waals surface area contributed by atoms with E-state index >= 15 is 0 Å². The summed E-state index contributed by atoms with van der Waals surface area (Å²) in [6.45, 7) is 2.56. The van der Waals surface area contributed by atoms with Gasteiger partial charge in [-0.25, -0.2) is 9.59 Å². The Kier molecular flexibility index (Phi) is 6.50. The Morgan fingerprint density at radius 3 is 2.78 bits per heavy atom. The molecule has 1 aromatic carbocycles. The van der Waals surface area contributed by atoms with Crippen LogP contribution in [0.5, 0.6) is 0 Å². The summed E-state index contributed by atoms with van der Waals surface area (Å²) in [5, 5.41) is 13.2. The number of urea groups is 1. The largest absolute Gasteiger partial charge is 0.464 e. The van der Waals surface area contributed by atoms with Gasteiger partial charge in [0.05, 0.1) is 12.7 Å². The maximum atomic E-state index is 13.6. The van der Waals surface area contributed by atoms with Crippen molar-refractivity contribution in [2.24, 2.45) is 5.92 Å². The second-order valence-corrected chi connectivity index (χ2v) is 8.74. The molecular weight excluding hydrogens is 410 g/mol. The summed E-state index contributed by atoms with van der Waals surface area (Å²) in [5.74, 6) is -0.994. The Balaban J connectivity index is 1.64. The third-order valence-corrected chi connectivity index (χ3v) is 6.50. The van der Waals surface area contributed by atoms with E-state index in [9.17, 15) is 19.5 Å². The number of carbonyl (C=O) groups excluding carboxylic acids is 3. The summed E-state index contributed by atoms with van der Waals surface area (Å²) < 4.78 is 5.25. The number of benzene rings is 1. The van der Waals surface area contributed by atoms with Crippen molar-refractivity contribution in [3.05, 3.63) is 42.5 Å². The van der Waals surface area contributed by atoms with E-state index in [4.69, 9.17) is 4.74 Å². The molecule has 4 atom stereocenters. The molecule has 3 amide bonds. The fraction of sp³-hybridized carbons (Fsp3) is 0.542. The van der Waals surface area contributed by atoms with Crippen LogP contribution >= 0.6 is 0 Å². The number of allylic oxidation sites excluding steroid dienone is 1. The summed E-state index contributed by atoms with van der Waals surface area (Å²) in [6, 6.07) is 8.22. The van der Waals surface area contributed by atoms with E-state index in [1.165, 1.54) is 4.90 Å². The van der Waals surface area contributed by atoms with Gasteiger partial charge in [-0.15, -0.1) is 0 Å². The second kappa shape index (κ2) is 9.32. The molecule has 32 heavy (non-hydrogen) atoms. The molecule has 1 aromatic rings. The second-order valence-electron chi connectivity index (χ2n) is 8.74. The van der Waals surface area contributed by atoms with Crippen molar-refractivity contribution in [2.75, 3.05) is 24.6 Å². The minimum atomic E-state index is -1.09. The third kappa shape index (κ3) is 4.37. The standard InChI is InChI=1S/C24H31N3O5/c1-2-32-22(30)24-15-17(24)10-6-3-4-9-13-26(18-11-7-5-8-12-18)23(31)27-16-19(28)14-20(27)21(29)25-24/h5-8,10-12,17,19-20,28H,2-4,9,13-16H2,1H3,(H,25,29)/b10-6-/t17-,19+,20+,24-/m1/s1. The minimum absolute atomic E-state index is 0.0794. The zero-order valence-corrected chi connectivity index (χ0v) is 18.4. The first-order valence-electron chi connectivity index (χ1n) is 11.4. The molecule has 2 fully saturated rings. The monoisotopic (exact) mass is 441 g/mol. The molecule has 0 bridgehead atoms. The lowest BCUT2D eigenvalue weighted by Gasteiger charge is -2.32. The van der Waals surface area contributed by atoms with Crippen LogP contribution in [0.3, 0.4) is 0 Å². The van der Waals surface area contributed by atoms with Gasteiger partial charge in [0.1, 0.15) is 11.6 Å². The first-order chi connectivity index (χ1) is 15.5. The van der Waals surface area contributed by atoms with E-state index in [0.717, 1.165) is 24.9 Å². The summed E-state index contributed by atoms with van der Waals surface area (Å²) in [6.07, 6.45) is 6.37. The number of esters is 1. The summed E-state index contributed by atoms with van der Waals surface area (Å²) in [5.41, 5.74) is -0.333. The number of carbonyl (C=O) groups is 3. The van der Waals surface area contributed by atoms with Crippen LogP contribution in [0.4, 0.5) is 10.5 Å². The van der Waals surface area contributed by atoms with Crippen LogP contribution in [0.25, 0.3) is 0 Å². The van der Waals surface area contributed by atoms with E-state index < -0.39 is 29.6 Å². The Bertz CT molecular complexity index is 889. The topological polar surface area (TPSA) is 99.2 Å². The molecule has 0 radical (unpaired) electrons. The first-order valence-corrected chi connectivity index (χ1v) is 11.4. The minimum Gasteiger partial charge on any atom is -0.464 e. The number of rotatable bonds is 3. The lowest BCUT2D eigenvalue weighted by Crippen LogP contribution is -2.55. The van der Waals surface area contributed by atoms with Crippen LogP contribution in [0.15, 0.2) is 42.5 Å². The molecule has 2 N–H and O–H groups in total. The molecule has 8 nitrogen and oxygen atoms in total. The Hall–Kier alpha value is -2.87. The maximum absolute atomic E-state index is 13.6. The van der Waals surface area contributed by atoms with Gasteiger partial charge in [-0.1, -0.05) is 30.4 Å². The van der Waals surface area contributed by atoms with Crippen LogP contribution in [0.1, 0.15) is 39.0 Å². The van der Waals surface area contributed by atoms with Crippen LogP contribution in [0.2, 0.25) is 0 Å². The fourth-order valence-corrected chi connectivity index (χ4v) is 4.68. The Morgan fingerprint density at radius 1 is 1.25 bits per heavy atom. The third-order valence-electron chi connectivity index (χ3n) is 6.50. The predicted octanol–water partition coefficient (Wildman–Crippen LogP) is 2.23. The molecule has 8 heteroatoms. The van der Waals surface area contributed by atoms with E-state index in [1.54, 1.807) is 11.8 Å². The zero-order valence-electron chi connectivity index (χ0n) is 18.4. The van der Waals surface area contributed by atoms with Crippen molar-refractivity contribution in [1.82, 2.24) is 10.2 Å². The molecule has 3 aliphatic rings. The Morgan fingerprint density at radius 2 is 2.03 bits per heavy atom. The van der Waals surface area contributed by atoms with E-state index in [2.05, 4.69) is 5.32 Å². The predicted molar refractivity (Wildman–Crippen MR) is 119 cm³/mol. The first kappa shape index (κ1) is 22.3. The molecule has 1 saturated heterocycles. The van der Waals surface area contributed by atoms with E-state index in [0.29, 0.717) is 13.0 Å². The van der Waals surface area contributed by atoms with Crippen LogP contribution in [-0.4, -0.2) is 65.3 Å². The van der Waals surface area contributed by atoms with Gasteiger partial charge in [0.25, 0.3) is 0 Å².